The summed E-state index contributed by atoms with van der Waals surface area (Å²) in [6.07, 6.45) is 8.00. The van der Waals surface area contributed by atoms with Crippen molar-refractivity contribution in [2.24, 2.45) is 0 Å². The van der Waals surface area contributed by atoms with Crippen LogP contribution in [0, 0.1) is 0 Å². The minimum Gasteiger partial charge on any atom is -0.0877 e. The van der Waals surface area contributed by atoms with Crippen LogP contribution >= 0.6 is 15.8 Å². The first-order valence-corrected chi connectivity index (χ1v) is 14.1. The number of hydrogen-bond acceptors (Lipinski definition) is 0. The van der Waals surface area contributed by atoms with Gasteiger partial charge in [0.15, 0.2) is 0 Å². The van der Waals surface area contributed by atoms with Gasteiger partial charge in [0.25, 0.3) is 0 Å². The molecule has 0 amide bonds. The van der Waals surface area contributed by atoms with E-state index in [1.165, 1.54) is 21.8 Å². The summed E-state index contributed by atoms with van der Waals surface area (Å²) in [5, 5.41) is 4.46. The van der Waals surface area contributed by atoms with E-state index in [0.717, 1.165) is 0 Å². The Morgan fingerprint density at radius 3 is 1.23 bits per heavy atom. The molecule has 0 saturated heterocycles. The highest BCUT2D eigenvalue weighted by atomic mass is 31.2. The van der Waals surface area contributed by atoms with Gasteiger partial charge in [-0.1, -0.05) is 137 Å². The molecule has 0 aromatic heterocycles. The van der Waals surface area contributed by atoms with E-state index in [1.54, 1.807) is 0 Å². The fraction of sp³-hybridized carbons (Fsp3) is 0.214. The van der Waals surface area contributed by atoms with E-state index < -0.39 is 0 Å². The zero-order valence-electron chi connectivity index (χ0n) is 19.1. The quantitative estimate of drug-likeness (QED) is 0.276. The third-order valence-electron chi connectivity index (χ3n) is 4.18. The van der Waals surface area contributed by atoms with Gasteiger partial charge in [0.1, 0.15) is 0 Å². The Hall–Kier alpha value is -2.00. The predicted molar refractivity (Wildman–Crippen MR) is 144 cm³/mol. The Morgan fingerprint density at radius 1 is 0.567 bits per heavy atom. The Morgan fingerprint density at radius 2 is 0.900 bits per heavy atom. The van der Waals surface area contributed by atoms with E-state index >= 15 is 0 Å². The molecule has 3 aromatic rings. The lowest BCUT2D eigenvalue weighted by Gasteiger charge is -2.23. The second kappa shape index (κ2) is 16.8. The zero-order chi connectivity index (χ0) is 22.0. The maximum atomic E-state index is 2.41. The third kappa shape index (κ3) is 9.67. The van der Waals surface area contributed by atoms with E-state index in [2.05, 4.69) is 97.7 Å². The molecule has 0 nitrogen and oxygen atoms in total. The fourth-order valence-electron chi connectivity index (χ4n) is 2.73. The first-order valence-electron chi connectivity index (χ1n) is 10.6. The molecule has 158 valence electrons. The highest BCUT2D eigenvalue weighted by Crippen LogP contribution is 2.46. The van der Waals surface area contributed by atoms with Crippen molar-refractivity contribution in [1.82, 2.24) is 0 Å². The van der Waals surface area contributed by atoms with Crippen molar-refractivity contribution in [3.8, 4) is 0 Å². The average molecular weight is 435 g/mol. The summed E-state index contributed by atoms with van der Waals surface area (Å²) < 4.78 is 0. The van der Waals surface area contributed by atoms with Gasteiger partial charge in [-0.25, -0.2) is 0 Å². The van der Waals surface area contributed by atoms with Crippen LogP contribution in [0.3, 0.4) is 0 Å². The molecule has 1 unspecified atom stereocenters. The summed E-state index contributed by atoms with van der Waals surface area (Å²) in [5.41, 5.74) is 0. The van der Waals surface area contributed by atoms with Gasteiger partial charge in [0.2, 0.25) is 0 Å². The van der Waals surface area contributed by atoms with Gasteiger partial charge >= 0.3 is 0 Å². The van der Waals surface area contributed by atoms with Crippen LogP contribution in [0.5, 0.6) is 0 Å². The maximum Gasteiger partial charge on any atom is -0.000216 e. The molecule has 30 heavy (non-hydrogen) atoms. The van der Waals surface area contributed by atoms with Gasteiger partial charge in [0.05, 0.1) is 0 Å². The smallest absolute Gasteiger partial charge is 0.000216 e. The second-order valence-electron chi connectivity index (χ2n) is 6.33. The molecule has 0 fully saturated rings. The van der Waals surface area contributed by atoms with Crippen molar-refractivity contribution in [3.05, 3.63) is 115 Å². The Balaban J connectivity index is 0.000000487. The molecule has 0 spiro atoms. The standard InChI is InChI=1S/C20H20P2.C6H10.C2H6/c1-21(18-11-5-2-6-12-18)17-22(19-13-7-3-8-14-19)20-15-9-4-10-16-20;1-3-5-6-4-2;1-2/h2-16H,17H2,1H3;3-6H,1-2H3;1-2H3/b;5-3-,6-4-;. The van der Waals surface area contributed by atoms with Crippen LogP contribution in [0.1, 0.15) is 27.7 Å². The molecule has 0 bridgehead atoms. The molecular formula is C28H36P2. The number of allylic oxidation sites excluding steroid dienone is 4. The largest absolute Gasteiger partial charge is 0.0877 e. The van der Waals surface area contributed by atoms with Crippen LogP contribution in [0.15, 0.2) is 115 Å². The lowest BCUT2D eigenvalue weighted by molar-refractivity contribution is 1.50. The van der Waals surface area contributed by atoms with E-state index in [-0.39, 0.29) is 15.8 Å². The SMILES string of the molecule is C/C=C\C=C/C.CC.CP(CP(c1ccccc1)c1ccccc1)c1ccccc1. The van der Waals surface area contributed by atoms with Crippen LogP contribution in [0.2, 0.25) is 0 Å². The van der Waals surface area contributed by atoms with Crippen molar-refractivity contribution in [1.29, 1.82) is 0 Å². The minimum absolute atomic E-state index is 0.133. The summed E-state index contributed by atoms with van der Waals surface area (Å²) >= 11 is 0. The van der Waals surface area contributed by atoms with Crippen LogP contribution in [0.4, 0.5) is 0 Å². The number of benzene rings is 3. The first kappa shape index (κ1) is 26.0. The highest BCUT2D eigenvalue weighted by Gasteiger charge is 2.17. The molecule has 0 radical (unpaired) electrons. The monoisotopic (exact) mass is 434 g/mol. The summed E-state index contributed by atoms with van der Waals surface area (Å²) in [4.78, 5) is 0. The molecule has 1 atom stereocenters. The third-order valence-corrected chi connectivity index (χ3v) is 10.0. The predicted octanol–water partition coefficient (Wildman–Crippen LogP) is 7.68. The van der Waals surface area contributed by atoms with Gasteiger partial charge in [-0.05, 0) is 50.3 Å². The Labute approximate surface area is 187 Å². The van der Waals surface area contributed by atoms with Gasteiger partial charge in [-0.15, -0.1) is 0 Å². The molecular weight excluding hydrogens is 398 g/mol. The van der Waals surface area contributed by atoms with E-state index in [1.807, 2.05) is 52.0 Å². The molecule has 0 aliphatic rings. The van der Waals surface area contributed by atoms with Gasteiger partial charge < -0.3 is 0 Å². The summed E-state index contributed by atoms with van der Waals surface area (Å²) in [7, 11) is -0.419. The average Bonchev–Trinajstić information content (AvgIpc) is 2.84. The first-order chi connectivity index (χ1) is 14.8. The molecule has 0 N–H and O–H groups in total. The van der Waals surface area contributed by atoms with Gasteiger partial charge in [-0.2, -0.15) is 0 Å². The summed E-state index contributed by atoms with van der Waals surface area (Å²) in [6, 6.07) is 32.9. The Bertz CT molecular complexity index is 775. The van der Waals surface area contributed by atoms with Crippen LogP contribution < -0.4 is 15.9 Å². The zero-order valence-corrected chi connectivity index (χ0v) is 20.9. The van der Waals surface area contributed by atoms with Crippen LogP contribution in [-0.2, 0) is 0 Å². The van der Waals surface area contributed by atoms with Crippen molar-refractivity contribution in [2.75, 3.05) is 12.6 Å². The minimum atomic E-state index is -0.285. The fourth-order valence-corrected chi connectivity index (χ4v) is 8.43. The molecule has 0 aliphatic carbocycles. The van der Waals surface area contributed by atoms with Crippen molar-refractivity contribution < 1.29 is 0 Å². The van der Waals surface area contributed by atoms with Gasteiger partial charge in [-0.3, -0.25) is 0 Å². The van der Waals surface area contributed by atoms with E-state index in [0.29, 0.717) is 0 Å². The second-order valence-corrected chi connectivity index (χ2v) is 11.3. The maximum absolute atomic E-state index is 2.41. The lowest BCUT2D eigenvalue weighted by Crippen LogP contribution is -2.15. The van der Waals surface area contributed by atoms with Crippen molar-refractivity contribution >= 4 is 31.8 Å². The summed E-state index contributed by atoms with van der Waals surface area (Å²) in [5.74, 6) is 1.25. The topological polar surface area (TPSA) is 0 Å². The lowest BCUT2D eigenvalue weighted by atomic mass is 10.4. The highest BCUT2D eigenvalue weighted by molar-refractivity contribution is 7.85. The van der Waals surface area contributed by atoms with Crippen LogP contribution in [0.25, 0.3) is 0 Å². The van der Waals surface area contributed by atoms with Crippen molar-refractivity contribution in [3.63, 3.8) is 0 Å². The molecule has 2 heteroatoms. The normalized spacial score (nSPS) is 11.5. The number of hydrogen-bond donors (Lipinski definition) is 0. The molecule has 3 rings (SSSR count). The van der Waals surface area contributed by atoms with Crippen LogP contribution in [-0.4, -0.2) is 12.6 Å². The number of rotatable bonds is 6. The van der Waals surface area contributed by atoms with E-state index in [4.69, 9.17) is 0 Å². The Kier molecular flexibility index (Phi) is 14.5. The molecule has 0 heterocycles. The molecule has 0 aliphatic heterocycles. The molecule has 0 saturated carbocycles. The van der Waals surface area contributed by atoms with Gasteiger partial charge in [0, 0.05) is 0 Å². The van der Waals surface area contributed by atoms with E-state index in [9.17, 15) is 0 Å². The summed E-state index contributed by atoms with van der Waals surface area (Å²) in [6.45, 7) is 10.4. The van der Waals surface area contributed by atoms with Crippen molar-refractivity contribution in [2.45, 2.75) is 27.7 Å². The molecule has 3 aromatic carbocycles.